The van der Waals surface area contributed by atoms with Crippen molar-refractivity contribution >= 4 is 28.3 Å². The van der Waals surface area contributed by atoms with Crippen LogP contribution in [0.3, 0.4) is 0 Å². The molecule has 2 N–H and O–H groups in total. The summed E-state index contributed by atoms with van der Waals surface area (Å²) >= 11 is 2.20. The van der Waals surface area contributed by atoms with Crippen molar-refractivity contribution in [3.05, 3.63) is 27.8 Å². The van der Waals surface area contributed by atoms with Crippen LogP contribution in [0, 0.1) is 3.57 Å². The van der Waals surface area contributed by atoms with Crippen molar-refractivity contribution in [2.45, 2.75) is 6.10 Å². The molecule has 0 aliphatic rings. The third-order valence-corrected chi connectivity index (χ3v) is 2.22. The number of hydrogen-bond donors (Lipinski definition) is 2. The van der Waals surface area contributed by atoms with E-state index in [2.05, 4.69) is 27.9 Å². The molecule has 0 saturated heterocycles. The summed E-state index contributed by atoms with van der Waals surface area (Å²) in [6.07, 6.45) is -0.919. The van der Waals surface area contributed by atoms with Gasteiger partial charge in [0.1, 0.15) is 6.67 Å². The van der Waals surface area contributed by atoms with Crippen molar-refractivity contribution in [1.82, 2.24) is 0 Å². The topological polar surface area (TPSA) is 32.3 Å². The van der Waals surface area contributed by atoms with Gasteiger partial charge < -0.3 is 10.4 Å². The molecular formula is C9H11FINO. The van der Waals surface area contributed by atoms with Gasteiger partial charge in [-0.25, -0.2) is 4.39 Å². The molecule has 0 aromatic heterocycles. The summed E-state index contributed by atoms with van der Waals surface area (Å²) in [4.78, 5) is 0. The Morgan fingerprint density at radius 1 is 1.54 bits per heavy atom. The zero-order chi connectivity index (χ0) is 9.68. The molecule has 1 atom stereocenters. The lowest BCUT2D eigenvalue weighted by Crippen LogP contribution is -2.21. The lowest BCUT2D eigenvalue weighted by atomic mass is 10.3. The maximum atomic E-state index is 11.9. The largest absolute Gasteiger partial charge is 0.389 e. The van der Waals surface area contributed by atoms with E-state index in [0.29, 0.717) is 0 Å². The predicted octanol–water partition coefficient (Wildman–Crippen LogP) is 2.03. The molecule has 0 amide bonds. The van der Waals surface area contributed by atoms with E-state index in [4.69, 9.17) is 5.11 Å². The molecule has 1 rings (SSSR count). The van der Waals surface area contributed by atoms with Crippen molar-refractivity contribution in [1.29, 1.82) is 0 Å². The summed E-state index contributed by atoms with van der Waals surface area (Å²) in [7, 11) is 0. The average Bonchev–Trinajstić information content (AvgIpc) is 2.14. The number of aliphatic hydroxyl groups excluding tert-OH is 1. The standard InChI is InChI=1S/C9H11FINO/c10-5-9(13)6-12-8-3-1-2-7(11)4-8/h1-4,9,12-13H,5-6H2. The summed E-state index contributed by atoms with van der Waals surface area (Å²) in [5.41, 5.74) is 0.902. The predicted molar refractivity (Wildman–Crippen MR) is 59.6 cm³/mol. The molecule has 0 radical (unpaired) electrons. The third kappa shape index (κ3) is 3.91. The minimum Gasteiger partial charge on any atom is -0.389 e. The number of anilines is 1. The summed E-state index contributed by atoms with van der Waals surface area (Å²) < 4.78 is 13.0. The molecule has 1 unspecified atom stereocenters. The Labute approximate surface area is 90.3 Å². The highest BCUT2D eigenvalue weighted by Gasteiger charge is 2.01. The van der Waals surface area contributed by atoms with Gasteiger partial charge in [-0.05, 0) is 40.8 Å². The van der Waals surface area contributed by atoms with Gasteiger partial charge in [-0.2, -0.15) is 0 Å². The number of nitrogens with one attached hydrogen (secondary N) is 1. The van der Waals surface area contributed by atoms with E-state index in [-0.39, 0.29) is 6.54 Å². The highest BCUT2D eigenvalue weighted by Crippen LogP contribution is 2.12. The van der Waals surface area contributed by atoms with Crippen LogP contribution in [-0.2, 0) is 0 Å². The quantitative estimate of drug-likeness (QED) is 0.833. The molecule has 0 fully saturated rings. The van der Waals surface area contributed by atoms with E-state index < -0.39 is 12.8 Å². The fraction of sp³-hybridized carbons (Fsp3) is 0.333. The van der Waals surface area contributed by atoms with Crippen molar-refractivity contribution in [2.24, 2.45) is 0 Å². The van der Waals surface area contributed by atoms with E-state index in [1.165, 1.54) is 0 Å². The van der Waals surface area contributed by atoms with E-state index in [1.807, 2.05) is 24.3 Å². The maximum absolute atomic E-state index is 11.9. The van der Waals surface area contributed by atoms with Crippen LogP contribution in [0.4, 0.5) is 10.1 Å². The highest BCUT2D eigenvalue weighted by molar-refractivity contribution is 14.1. The van der Waals surface area contributed by atoms with Gasteiger partial charge in [0.25, 0.3) is 0 Å². The number of benzene rings is 1. The van der Waals surface area contributed by atoms with Gasteiger partial charge in [-0.15, -0.1) is 0 Å². The molecule has 0 aliphatic carbocycles. The molecule has 1 aromatic rings. The van der Waals surface area contributed by atoms with Gasteiger partial charge in [0, 0.05) is 15.8 Å². The summed E-state index contributed by atoms with van der Waals surface area (Å²) in [5.74, 6) is 0. The SMILES string of the molecule is OC(CF)CNc1cccc(I)c1. The van der Waals surface area contributed by atoms with Gasteiger partial charge in [0.2, 0.25) is 0 Å². The van der Waals surface area contributed by atoms with Gasteiger partial charge in [0.05, 0.1) is 6.10 Å². The Balaban J connectivity index is 2.45. The first-order valence-electron chi connectivity index (χ1n) is 3.96. The van der Waals surface area contributed by atoms with Crippen LogP contribution in [0.1, 0.15) is 0 Å². The summed E-state index contributed by atoms with van der Waals surface area (Å²) in [5, 5.41) is 11.9. The van der Waals surface area contributed by atoms with E-state index in [0.717, 1.165) is 9.26 Å². The molecule has 72 valence electrons. The number of aliphatic hydroxyl groups is 1. The lowest BCUT2D eigenvalue weighted by molar-refractivity contribution is 0.151. The van der Waals surface area contributed by atoms with Gasteiger partial charge in [0.15, 0.2) is 0 Å². The van der Waals surface area contributed by atoms with Crippen LogP contribution in [-0.4, -0.2) is 24.4 Å². The highest BCUT2D eigenvalue weighted by atomic mass is 127. The first kappa shape index (κ1) is 10.7. The second-order valence-corrected chi connectivity index (χ2v) is 3.95. The Morgan fingerprint density at radius 3 is 2.92 bits per heavy atom. The summed E-state index contributed by atoms with van der Waals surface area (Å²) in [6.45, 7) is -0.465. The van der Waals surface area contributed by atoms with Crippen LogP contribution in [0.5, 0.6) is 0 Å². The van der Waals surface area contributed by atoms with Gasteiger partial charge in [-0.3, -0.25) is 0 Å². The Kier molecular flexibility index (Phi) is 4.44. The van der Waals surface area contributed by atoms with E-state index in [1.54, 1.807) is 0 Å². The monoisotopic (exact) mass is 295 g/mol. The minimum absolute atomic E-state index is 0.247. The van der Waals surface area contributed by atoms with Gasteiger partial charge >= 0.3 is 0 Å². The van der Waals surface area contributed by atoms with Crippen LogP contribution in [0.25, 0.3) is 0 Å². The molecule has 0 heterocycles. The number of hydrogen-bond acceptors (Lipinski definition) is 2. The van der Waals surface area contributed by atoms with Crippen LogP contribution in [0.15, 0.2) is 24.3 Å². The van der Waals surface area contributed by atoms with Crippen molar-refractivity contribution in [2.75, 3.05) is 18.5 Å². The van der Waals surface area contributed by atoms with E-state index >= 15 is 0 Å². The smallest absolute Gasteiger partial charge is 0.117 e. The van der Waals surface area contributed by atoms with E-state index in [9.17, 15) is 4.39 Å². The first-order chi connectivity index (χ1) is 6.22. The number of halogens is 2. The second-order valence-electron chi connectivity index (χ2n) is 2.70. The van der Waals surface area contributed by atoms with Gasteiger partial charge in [-0.1, -0.05) is 6.07 Å². The molecule has 1 aromatic carbocycles. The van der Waals surface area contributed by atoms with Crippen LogP contribution >= 0.6 is 22.6 Å². The van der Waals surface area contributed by atoms with Crippen molar-refractivity contribution in [3.8, 4) is 0 Å². The lowest BCUT2D eigenvalue weighted by Gasteiger charge is -2.09. The maximum Gasteiger partial charge on any atom is 0.117 e. The molecule has 0 spiro atoms. The van der Waals surface area contributed by atoms with Crippen molar-refractivity contribution in [3.63, 3.8) is 0 Å². The minimum atomic E-state index is -0.919. The molecule has 4 heteroatoms. The fourth-order valence-electron chi connectivity index (χ4n) is 0.889. The van der Waals surface area contributed by atoms with Crippen molar-refractivity contribution < 1.29 is 9.50 Å². The number of alkyl halides is 1. The molecular weight excluding hydrogens is 284 g/mol. The Hall–Kier alpha value is -0.360. The molecule has 13 heavy (non-hydrogen) atoms. The fourth-order valence-corrected chi connectivity index (χ4v) is 1.43. The molecule has 0 aliphatic heterocycles. The number of rotatable bonds is 4. The molecule has 0 bridgehead atoms. The zero-order valence-corrected chi connectivity index (χ0v) is 9.16. The average molecular weight is 295 g/mol. The van der Waals surface area contributed by atoms with Crippen LogP contribution in [0.2, 0.25) is 0 Å². The molecule has 2 nitrogen and oxygen atoms in total. The normalized spacial score (nSPS) is 12.5. The molecule has 0 saturated carbocycles. The zero-order valence-electron chi connectivity index (χ0n) is 7.00. The summed E-state index contributed by atoms with van der Waals surface area (Å²) in [6, 6.07) is 7.70. The van der Waals surface area contributed by atoms with Crippen LogP contribution < -0.4 is 5.32 Å². The third-order valence-electron chi connectivity index (χ3n) is 1.54. The first-order valence-corrected chi connectivity index (χ1v) is 5.03. The Bertz CT molecular complexity index is 270. The Morgan fingerprint density at radius 2 is 2.31 bits per heavy atom. The second kappa shape index (κ2) is 5.39.